The number of likely N-dealkylation sites (N-methyl/N-ethyl adjacent to an activating group) is 1. The minimum Gasteiger partial charge on any atom is -0.366 e. The van der Waals surface area contributed by atoms with Gasteiger partial charge in [-0.15, -0.1) is 0 Å². The van der Waals surface area contributed by atoms with Crippen LogP contribution in [0.2, 0.25) is 0 Å². The Morgan fingerprint density at radius 2 is 1.39 bits per heavy atom. The van der Waals surface area contributed by atoms with Gasteiger partial charge in [-0.1, -0.05) is 6.07 Å². The summed E-state index contributed by atoms with van der Waals surface area (Å²) in [7, 11) is 1.89. The number of hydrogen-bond acceptors (Lipinski definition) is 9. The number of nitrogens with one attached hydrogen (secondary N) is 2. The Bertz CT molecular complexity index is 2430. The first kappa shape index (κ1) is 36.0. The van der Waals surface area contributed by atoms with E-state index in [-0.39, 0.29) is 17.7 Å². The summed E-state index contributed by atoms with van der Waals surface area (Å²) < 4.78 is 7.16. The van der Waals surface area contributed by atoms with Gasteiger partial charge in [-0.2, -0.15) is 10.2 Å². The second-order valence-electron chi connectivity index (χ2n) is 13.5. The van der Waals surface area contributed by atoms with Crippen molar-refractivity contribution in [3.8, 4) is 0 Å². The van der Waals surface area contributed by atoms with Gasteiger partial charge in [-0.05, 0) is 90.0 Å². The maximum atomic E-state index is 13.6. The van der Waals surface area contributed by atoms with Gasteiger partial charge >= 0.3 is 0 Å². The largest absolute Gasteiger partial charge is 0.366 e. The van der Waals surface area contributed by atoms with E-state index in [2.05, 4.69) is 20.8 Å². The topological polar surface area (TPSA) is 196 Å². The third-order valence-corrected chi connectivity index (χ3v) is 9.50. The third kappa shape index (κ3) is 6.80. The minimum atomic E-state index is -0.576. The summed E-state index contributed by atoms with van der Waals surface area (Å²) in [5.74, 6) is -0.618. The predicted molar refractivity (Wildman–Crippen MR) is 203 cm³/mol. The number of fused-ring (bicyclic) bond motifs is 2. The van der Waals surface area contributed by atoms with Crippen molar-refractivity contribution in [3.05, 3.63) is 76.9 Å². The van der Waals surface area contributed by atoms with Crippen LogP contribution in [0.3, 0.4) is 0 Å². The fourth-order valence-corrected chi connectivity index (χ4v) is 6.98. The number of carbonyl (C=O) groups is 4. The molecule has 0 spiro atoms. The van der Waals surface area contributed by atoms with Crippen LogP contribution in [0.15, 0.2) is 48.5 Å². The number of carbonyl (C=O) groups excluding carboxylic acids is 4. The monoisotopic (exact) mass is 733 g/mol. The lowest BCUT2D eigenvalue weighted by atomic mass is 10.2. The van der Waals surface area contributed by atoms with E-state index < -0.39 is 5.91 Å². The van der Waals surface area contributed by atoms with Crippen LogP contribution in [0, 0.1) is 13.8 Å². The lowest BCUT2D eigenvalue weighted by Crippen LogP contribution is -2.26. The Labute approximate surface area is 310 Å². The quantitative estimate of drug-likeness (QED) is 0.148. The highest BCUT2D eigenvalue weighted by atomic mass is 16.2. The first-order valence-corrected chi connectivity index (χ1v) is 18.0. The summed E-state index contributed by atoms with van der Waals surface area (Å²) in [4.78, 5) is 65.3. The van der Waals surface area contributed by atoms with Crippen molar-refractivity contribution in [2.45, 2.75) is 66.7 Å². The molecule has 0 saturated carbocycles. The van der Waals surface area contributed by atoms with Crippen molar-refractivity contribution in [1.82, 2.24) is 43.6 Å². The van der Waals surface area contributed by atoms with Crippen LogP contribution in [0.1, 0.15) is 69.4 Å². The van der Waals surface area contributed by atoms with E-state index >= 15 is 0 Å². The molecule has 4 N–H and O–H groups in total. The summed E-state index contributed by atoms with van der Waals surface area (Å²) in [6.07, 6.45) is 1.28. The zero-order valence-electron chi connectivity index (χ0n) is 31.0. The predicted octanol–water partition coefficient (Wildman–Crippen LogP) is 3.76. The van der Waals surface area contributed by atoms with Crippen molar-refractivity contribution < 1.29 is 19.2 Å². The van der Waals surface area contributed by atoms with Crippen molar-refractivity contribution in [3.63, 3.8) is 0 Å². The van der Waals surface area contributed by atoms with Gasteiger partial charge in [0.25, 0.3) is 11.8 Å². The van der Waals surface area contributed by atoms with Crippen LogP contribution in [-0.4, -0.2) is 87.5 Å². The Morgan fingerprint density at radius 3 is 1.94 bits per heavy atom. The number of primary amides is 1. The summed E-state index contributed by atoms with van der Waals surface area (Å²) in [5, 5.41) is 14.8. The average molecular weight is 734 g/mol. The number of rotatable bonds is 13. The maximum Gasteiger partial charge on any atom is 0.276 e. The van der Waals surface area contributed by atoms with E-state index in [1.54, 1.807) is 44.6 Å². The molecule has 1 aliphatic heterocycles. The molecule has 1 aliphatic rings. The third-order valence-electron chi connectivity index (χ3n) is 9.50. The van der Waals surface area contributed by atoms with Crippen molar-refractivity contribution in [2.75, 3.05) is 35.8 Å². The number of imidazole rings is 2. The Hall–Kier alpha value is -6.36. The molecule has 0 aliphatic carbocycles. The number of nitrogens with two attached hydrogens (primary N) is 1. The summed E-state index contributed by atoms with van der Waals surface area (Å²) in [5.41, 5.74) is 11.4. The molecule has 1 saturated heterocycles. The van der Waals surface area contributed by atoms with Gasteiger partial charge in [-0.3, -0.25) is 49.0 Å². The molecular formula is C37H43N13O4. The van der Waals surface area contributed by atoms with Crippen LogP contribution < -0.4 is 21.3 Å². The van der Waals surface area contributed by atoms with E-state index in [4.69, 9.17) is 15.7 Å². The Morgan fingerprint density at radius 1 is 0.796 bits per heavy atom. The SMILES string of the molecule is CCn1nc(C)cc1C(=O)Nc1nc2cc(C(N)=O)ccc2n1CCCCn1c(NC(=O)c2cc(C)nn2CC)nc2c(N3CN(C)CC3=O)cccc21. The zero-order chi connectivity index (χ0) is 38.3. The molecule has 1 fully saturated rings. The fourth-order valence-electron chi connectivity index (χ4n) is 6.98. The van der Waals surface area contributed by atoms with Crippen molar-refractivity contribution >= 4 is 63.3 Å². The molecule has 0 unspecified atom stereocenters. The minimum absolute atomic E-state index is 0.0276. The molecule has 4 aromatic heterocycles. The Kier molecular flexibility index (Phi) is 9.72. The average Bonchev–Trinajstić information content (AvgIpc) is 3.95. The number of nitrogens with zero attached hydrogens (tertiary/aromatic N) is 10. The van der Waals surface area contributed by atoms with Crippen LogP contribution in [0.25, 0.3) is 22.1 Å². The maximum absolute atomic E-state index is 13.6. The highest BCUT2D eigenvalue weighted by molar-refractivity contribution is 6.06. The second kappa shape index (κ2) is 14.6. The number of hydrogen-bond donors (Lipinski definition) is 3. The van der Waals surface area contributed by atoms with Gasteiger partial charge in [0.2, 0.25) is 23.7 Å². The molecule has 54 heavy (non-hydrogen) atoms. The fraction of sp³-hybridized carbons (Fsp3) is 0.351. The van der Waals surface area contributed by atoms with Gasteiger partial charge in [0, 0.05) is 31.7 Å². The number of para-hydroxylation sites is 1. The standard InChI is InChI=1S/C37H43N13O4/c1-6-49-29(17-22(3)43-49)34(53)41-36-39-25-19-24(33(38)52)13-14-26(25)46(36)15-8-9-16-47-27-11-10-12-28(48-21-45(5)20-31(48)51)32(27)40-37(47)42-35(54)30-18-23(4)44-50(30)7-2/h10-14,17-19H,6-9,15-16,20-21H2,1-5H3,(H2,38,52)(H,39,41,53)(H,40,42,54). The molecular weight excluding hydrogens is 690 g/mol. The molecule has 280 valence electrons. The Balaban J connectivity index is 1.18. The van der Waals surface area contributed by atoms with E-state index in [0.717, 1.165) is 22.4 Å². The summed E-state index contributed by atoms with van der Waals surface area (Å²) in [6.45, 7) is 10.2. The van der Waals surface area contributed by atoms with Crippen LogP contribution in [0.4, 0.5) is 17.6 Å². The van der Waals surface area contributed by atoms with Crippen LogP contribution >= 0.6 is 0 Å². The molecule has 0 radical (unpaired) electrons. The number of unbranched alkanes of at least 4 members (excludes halogenated alkanes) is 1. The molecule has 5 heterocycles. The van der Waals surface area contributed by atoms with E-state index in [0.29, 0.717) is 97.8 Å². The molecule has 0 atom stereocenters. The smallest absolute Gasteiger partial charge is 0.276 e. The molecule has 17 nitrogen and oxygen atoms in total. The first-order chi connectivity index (χ1) is 25.9. The number of amides is 4. The molecule has 2 aromatic carbocycles. The van der Waals surface area contributed by atoms with Crippen LogP contribution in [0.5, 0.6) is 0 Å². The van der Waals surface area contributed by atoms with Gasteiger partial charge in [0.1, 0.15) is 16.9 Å². The molecule has 17 heteroatoms. The summed E-state index contributed by atoms with van der Waals surface area (Å²) >= 11 is 0. The number of anilines is 3. The van der Waals surface area contributed by atoms with E-state index in [1.165, 1.54) is 0 Å². The van der Waals surface area contributed by atoms with Crippen molar-refractivity contribution in [2.24, 2.45) is 5.73 Å². The second-order valence-corrected chi connectivity index (χ2v) is 13.5. The number of aromatic nitrogens is 8. The highest BCUT2D eigenvalue weighted by Crippen LogP contribution is 2.32. The van der Waals surface area contributed by atoms with E-state index in [1.807, 2.05) is 67.0 Å². The highest BCUT2D eigenvalue weighted by Gasteiger charge is 2.29. The number of benzene rings is 2. The molecule has 4 amide bonds. The van der Waals surface area contributed by atoms with Crippen LogP contribution in [-0.2, 0) is 31.0 Å². The van der Waals surface area contributed by atoms with E-state index in [9.17, 15) is 19.2 Å². The van der Waals surface area contributed by atoms with Gasteiger partial charge in [0.05, 0.1) is 46.8 Å². The molecule has 7 rings (SSSR count). The number of aryl methyl sites for hydroxylation is 6. The lowest BCUT2D eigenvalue weighted by molar-refractivity contribution is -0.116. The molecule has 6 aromatic rings. The summed E-state index contributed by atoms with van der Waals surface area (Å²) in [6, 6.07) is 14.2. The normalized spacial score (nSPS) is 13.4. The first-order valence-electron chi connectivity index (χ1n) is 18.0. The zero-order valence-corrected chi connectivity index (χ0v) is 31.0. The van der Waals surface area contributed by atoms with Gasteiger partial charge in [0.15, 0.2) is 0 Å². The van der Waals surface area contributed by atoms with Gasteiger partial charge in [-0.25, -0.2) is 9.97 Å². The molecule has 0 bridgehead atoms. The lowest BCUT2D eigenvalue weighted by Gasteiger charge is -2.16. The van der Waals surface area contributed by atoms with Crippen molar-refractivity contribution in [1.29, 1.82) is 0 Å². The van der Waals surface area contributed by atoms with Gasteiger partial charge < -0.3 is 14.9 Å².